The van der Waals surface area contributed by atoms with Gasteiger partial charge in [0.25, 0.3) is 17.7 Å². The highest BCUT2D eigenvalue weighted by molar-refractivity contribution is 6.32. The fraction of sp³-hybridized carbons (Fsp3) is 0.0800. The van der Waals surface area contributed by atoms with E-state index in [1.165, 1.54) is 11.1 Å². The lowest BCUT2D eigenvalue weighted by molar-refractivity contribution is -0.118. The van der Waals surface area contributed by atoms with Crippen LogP contribution in [-0.2, 0) is 14.4 Å². The first-order chi connectivity index (χ1) is 15.9. The molecule has 1 aliphatic heterocycles. The van der Waals surface area contributed by atoms with Crippen LogP contribution < -0.4 is 20.5 Å². The number of amides is 3. The third kappa shape index (κ3) is 5.05. The number of nitrogens with zero attached hydrogens (tertiary/aromatic N) is 1. The van der Waals surface area contributed by atoms with E-state index in [0.717, 1.165) is 5.56 Å². The van der Waals surface area contributed by atoms with Crippen molar-refractivity contribution in [2.75, 3.05) is 16.9 Å². The number of aryl methyl sites for hydroxylation is 1. The van der Waals surface area contributed by atoms with Crippen molar-refractivity contribution in [1.82, 2.24) is 5.43 Å². The Labute approximate surface area is 195 Å². The minimum absolute atomic E-state index is 0.0738. The Morgan fingerprint density at radius 3 is 2.55 bits per heavy atom. The Morgan fingerprint density at radius 1 is 1.06 bits per heavy atom. The van der Waals surface area contributed by atoms with Gasteiger partial charge in [-0.2, -0.15) is 0 Å². The number of halogens is 1. The average molecular weight is 462 g/mol. The number of carbonyl (C=O) groups excluding carboxylic acids is 3. The summed E-state index contributed by atoms with van der Waals surface area (Å²) in [6, 6.07) is 20.9. The summed E-state index contributed by atoms with van der Waals surface area (Å²) in [4.78, 5) is 37.7. The quantitative estimate of drug-likeness (QED) is 0.427. The molecule has 0 saturated carbocycles. The summed E-state index contributed by atoms with van der Waals surface area (Å²) in [6.45, 7) is 1.63. The molecule has 4 rings (SSSR count). The van der Waals surface area contributed by atoms with Crippen LogP contribution in [0.4, 0.5) is 11.4 Å². The Kier molecular flexibility index (Phi) is 6.42. The molecule has 0 aliphatic carbocycles. The summed E-state index contributed by atoms with van der Waals surface area (Å²) in [5.41, 5.74) is 5.03. The predicted octanol–water partition coefficient (Wildman–Crippen LogP) is 4.13. The third-order valence-electron chi connectivity index (χ3n) is 4.96. The molecule has 1 fully saturated rings. The van der Waals surface area contributed by atoms with E-state index in [4.69, 9.17) is 16.3 Å². The van der Waals surface area contributed by atoms with E-state index in [1.807, 2.05) is 31.2 Å². The topological polar surface area (TPSA) is 87.7 Å². The van der Waals surface area contributed by atoms with Gasteiger partial charge in [0, 0.05) is 16.3 Å². The summed E-state index contributed by atoms with van der Waals surface area (Å²) in [7, 11) is 0. The van der Waals surface area contributed by atoms with E-state index in [2.05, 4.69) is 10.7 Å². The fourth-order valence-corrected chi connectivity index (χ4v) is 3.46. The molecule has 1 saturated heterocycles. The molecule has 7 nitrogen and oxygen atoms in total. The molecular weight excluding hydrogens is 442 g/mol. The molecule has 0 radical (unpaired) electrons. The highest BCUT2D eigenvalue weighted by Gasteiger charge is 2.34. The van der Waals surface area contributed by atoms with Gasteiger partial charge in [-0.3, -0.25) is 19.8 Å². The Bertz CT molecular complexity index is 1260. The van der Waals surface area contributed by atoms with Crippen molar-refractivity contribution in [2.24, 2.45) is 0 Å². The molecule has 1 aliphatic rings. The Hall–Kier alpha value is -4.10. The molecule has 0 atom stereocenters. The van der Waals surface area contributed by atoms with Gasteiger partial charge in [0.1, 0.15) is 11.3 Å². The van der Waals surface area contributed by atoms with Gasteiger partial charge in [-0.15, -0.1) is 0 Å². The van der Waals surface area contributed by atoms with Crippen LogP contribution in [0.5, 0.6) is 5.75 Å². The zero-order valence-corrected chi connectivity index (χ0v) is 18.4. The molecular formula is C25H20ClN3O4. The molecule has 3 amide bonds. The number of rotatable bonds is 6. The highest BCUT2D eigenvalue weighted by Crippen LogP contribution is 2.28. The lowest BCUT2D eigenvalue weighted by Gasteiger charge is -2.14. The van der Waals surface area contributed by atoms with Gasteiger partial charge in [0.15, 0.2) is 6.61 Å². The molecule has 0 spiro atoms. The third-order valence-corrected chi connectivity index (χ3v) is 5.19. The smallest absolute Gasteiger partial charge is 0.282 e. The number of hydrazine groups is 1. The van der Waals surface area contributed by atoms with Crippen molar-refractivity contribution in [3.63, 3.8) is 0 Å². The van der Waals surface area contributed by atoms with Gasteiger partial charge >= 0.3 is 0 Å². The molecule has 3 aromatic carbocycles. The van der Waals surface area contributed by atoms with Crippen molar-refractivity contribution >= 4 is 46.8 Å². The van der Waals surface area contributed by atoms with Gasteiger partial charge in [-0.25, -0.2) is 5.01 Å². The molecule has 166 valence electrons. The Balaban J connectivity index is 1.53. The SMILES string of the molecule is Cc1ccccc1NC(=O)COc1ccc(Cl)cc1/C=C1/C(=O)NN(c2ccccc2)C1=O. The fourth-order valence-electron chi connectivity index (χ4n) is 3.28. The zero-order valence-electron chi connectivity index (χ0n) is 17.7. The maximum atomic E-state index is 12.9. The maximum Gasteiger partial charge on any atom is 0.282 e. The van der Waals surface area contributed by atoms with Crippen molar-refractivity contribution in [1.29, 1.82) is 0 Å². The van der Waals surface area contributed by atoms with E-state index >= 15 is 0 Å². The van der Waals surface area contributed by atoms with Gasteiger partial charge in [-0.05, 0) is 55.0 Å². The van der Waals surface area contributed by atoms with Crippen LogP contribution >= 0.6 is 11.6 Å². The minimum atomic E-state index is -0.549. The highest BCUT2D eigenvalue weighted by atomic mass is 35.5. The van der Waals surface area contributed by atoms with Gasteiger partial charge in [0.2, 0.25) is 0 Å². The van der Waals surface area contributed by atoms with Crippen molar-refractivity contribution in [2.45, 2.75) is 6.92 Å². The van der Waals surface area contributed by atoms with Crippen LogP contribution in [0.15, 0.2) is 78.4 Å². The average Bonchev–Trinajstić information content (AvgIpc) is 3.09. The largest absolute Gasteiger partial charge is 0.483 e. The number of hydrogen-bond acceptors (Lipinski definition) is 4. The zero-order chi connectivity index (χ0) is 23.4. The number of hydrogen-bond donors (Lipinski definition) is 2. The standard InChI is InChI=1S/C25H20ClN3O4/c1-16-7-5-6-10-21(16)27-23(30)15-33-22-12-11-18(26)13-17(22)14-20-24(31)28-29(25(20)32)19-8-3-2-4-9-19/h2-14H,15H2,1H3,(H,27,30)(H,28,31)/b20-14-. The number of carbonyl (C=O) groups is 3. The monoisotopic (exact) mass is 461 g/mol. The minimum Gasteiger partial charge on any atom is -0.483 e. The molecule has 2 N–H and O–H groups in total. The molecule has 0 aromatic heterocycles. The molecule has 0 unspecified atom stereocenters. The second-order valence-electron chi connectivity index (χ2n) is 7.31. The van der Waals surface area contributed by atoms with Crippen molar-refractivity contribution in [3.8, 4) is 5.75 Å². The molecule has 3 aromatic rings. The van der Waals surface area contributed by atoms with Crippen LogP contribution in [0.2, 0.25) is 5.02 Å². The van der Waals surface area contributed by atoms with Crippen LogP contribution in [0.25, 0.3) is 6.08 Å². The summed E-state index contributed by atoms with van der Waals surface area (Å²) in [5.74, 6) is -1.09. The first kappa shape index (κ1) is 22.1. The van der Waals surface area contributed by atoms with Crippen LogP contribution in [0, 0.1) is 6.92 Å². The van der Waals surface area contributed by atoms with Crippen molar-refractivity contribution < 1.29 is 19.1 Å². The number of benzene rings is 3. The number of anilines is 2. The number of para-hydroxylation sites is 2. The predicted molar refractivity (Wildman–Crippen MR) is 127 cm³/mol. The van der Waals surface area contributed by atoms with E-state index in [9.17, 15) is 14.4 Å². The molecule has 0 bridgehead atoms. The second kappa shape index (κ2) is 9.58. The van der Waals surface area contributed by atoms with Crippen LogP contribution in [0.1, 0.15) is 11.1 Å². The van der Waals surface area contributed by atoms with Crippen molar-refractivity contribution in [3.05, 3.63) is 94.5 Å². The summed E-state index contributed by atoms with van der Waals surface area (Å²) in [5, 5.41) is 4.36. The second-order valence-corrected chi connectivity index (χ2v) is 7.75. The maximum absolute atomic E-state index is 12.9. The summed E-state index contributed by atoms with van der Waals surface area (Å²) >= 11 is 6.13. The van der Waals surface area contributed by atoms with Gasteiger partial charge < -0.3 is 10.1 Å². The molecule has 33 heavy (non-hydrogen) atoms. The van der Waals surface area contributed by atoms with Crippen LogP contribution in [0.3, 0.4) is 0 Å². The first-order valence-corrected chi connectivity index (χ1v) is 10.5. The normalized spacial score (nSPS) is 14.4. The van der Waals surface area contributed by atoms with E-state index in [1.54, 1.807) is 48.5 Å². The van der Waals surface area contributed by atoms with E-state index in [0.29, 0.717) is 27.7 Å². The van der Waals surface area contributed by atoms with Gasteiger partial charge in [-0.1, -0.05) is 48.0 Å². The van der Waals surface area contributed by atoms with E-state index in [-0.39, 0.29) is 18.1 Å². The molecule has 8 heteroatoms. The first-order valence-electron chi connectivity index (χ1n) is 10.1. The lowest BCUT2D eigenvalue weighted by atomic mass is 10.1. The molecule has 1 heterocycles. The number of nitrogens with one attached hydrogen (secondary N) is 2. The van der Waals surface area contributed by atoms with Gasteiger partial charge in [0.05, 0.1) is 5.69 Å². The summed E-state index contributed by atoms with van der Waals surface area (Å²) < 4.78 is 5.69. The van der Waals surface area contributed by atoms with E-state index < -0.39 is 11.8 Å². The summed E-state index contributed by atoms with van der Waals surface area (Å²) in [6.07, 6.45) is 1.40. The lowest BCUT2D eigenvalue weighted by Crippen LogP contribution is -2.35. The van der Waals surface area contributed by atoms with Crippen LogP contribution in [-0.4, -0.2) is 24.3 Å². The Morgan fingerprint density at radius 2 is 1.79 bits per heavy atom. The number of ether oxygens (including phenoxy) is 1.